The number of rotatable bonds is 5. The van der Waals surface area contributed by atoms with Gasteiger partial charge in [0, 0.05) is 6.54 Å². The lowest BCUT2D eigenvalue weighted by Crippen LogP contribution is -2.25. The first kappa shape index (κ1) is 14.3. The Morgan fingerprint density at radius 1 is 1.00 bits per heavy atom. The molecule has 4 nitrogen and oxygen atoms in total. The Bertz CT molecular complexity index is 719. The first-order valence-corrected chi connectivity index (χ1v) is 7.75. The van der Waals surface area contributed by atoms with Gasteiger partial charge in [-0.25, -0.2) is 13.1 Å². The van der Waals surface area contributed by atoms with Crippen molar-refractivity contribution in [2.45, 2.75) is 12.3 Å². The van der Waals surface area contributed by atoms with E-state index in [0.29, 0.717) is 11.1 Å². The molecule has 0 spiro atoms. The second-order valence-corrected chi connectivity index (χ2v) is 6.14. The van der Waals surface area contributed by atoms with E-state index >= 15 is 0 Å². The van der Waals surface area contributed by atoms with E-state index in [9.17, 15) is 8.42 Å². The Labute approximate surface area is 118 Å². The third-order valence-electron chi connectivity index (χ3n) is 2.82. The van der Waals surface area contributed by atoms with E-state index in [-0.39, 0.29) is 12.3 Å². The fraction of sp³-hybridized carbons (Fsp3) is 0.133. The molecule has 0 saturated carbocycles. The van der Waals surface area contributed by atoms with Gasteiger partial charge in [0.05, 0.1) is 17.4 Å². The third-order valence-corrected chi connectivity index (χ3v) is 4.10. The molecule has 102 valence electrons. The zero-order chi connectivity index (χ0) is 14.4. The minimum absolute atomic E-state index is 0.191. The normalized spacial score (nSPS) is 10.9. The van der Waals surface area contributed by atoms with Crippen LogP contribution >= 0.6 is 0 Å². The van der Waals surface area contributed by atoms with Crippen molar-refractivity contribution in [1.82, 2.24) is 4.72 Å². The highest BCUT2D eigenvalue weighted by Crippen LogP contribution is 2.11. The van der Waals surface area contributed by atoms with Gasteiger partial charge in [-0.1, -0.05) is 48.5 Å². The third kappa shape index (κ3) is 3.92. The molecule has 0 fully saturated rings. The molecule has 0 radical (unpaired) electrons. The van der Waals surface area contributed by atoms with E-state index in [2.05, 4.69) is 4.72 Å². The summed E-state index contributed by atoms with van der Waals surface area (Å²) < 4.78 is 26.6. The topological polar surface area (TPSA) is 70.0 Å². The van der Waals surface area contributed by atoms with E-state index in [1.54, 1.807) is 24.3 Å². The van der Waals surface area contributed by atoms with Gasteiger partial charge in [-0.2, -0.15) is 5.26 Å². The van der Waals surface area contributed by atoms with E-state index < -0.39 is 10.0 Å². The molecule has 0 aliphatic heterocycles. The van der Waals surface area contributed by atoms with Crippen molar-refractivity contribution in [2.75, 3.05) is 0 Å². The molecule has 1 N–H and O–H groups in total. The van der Waals surface area contributed by atoms with Gasteiger partial charge in [0.2, 0.25) is 10.0 Å². The molecular formula is C15H14N2O2S. The fourth-order valence-corrected chi connectivity index (χ4v) is 2.95. The molecule has 0 bridgehead atoms. The summed E-state index contributed by atoms with van der Waals surface area (Å²) in [6.07, 6.45) is 0. The largest absolute Gasteiger partial charge is 0.216 e. The standard InChI is InChI=1S/C15H14N2O2S/c16-10-14-8-4-5-9-15(14)12-20(18,19)17-11-13-6-2-1-3-7-13/h1-9,17H,11-12H2. The predicted octanol–water partition coefficient (Wildman–Crippen LogP) is 2.18. The van der Waals surface area contributed by atoms with Gasteiger partial charge < -0.3 is 0 Å². The summed E-state index contributed by atoms with van der Waals surface area (Å²) in [4.78, 5) is 0. The maximum Gasteiger partial charge on any atom is 0.216 e. The minimum atomic E-state index is -3.47. The number of nitrogens with zero attached hydrogens (tertiary/aromatic N) is 1. The summed E-state index contributed by atoms with van der Waals surface area (Å²) in [6, 6.07) is 18.0. The van der Waals surface area contributed by atoms with Crippen LogP contribution in [0, 0.1) is 11.3 Å². The molecule has 2 aromatic rings. The average Bonchev–Trinajstić information content (AvgIpc) is 2.47. The molecule has 0 aliphatic rings. The summed E-state index contributed by atoms with van der Waals surface area (Å²) in [5.41, 5.74) is 1.79. The number of nitrogens with one attached hydrogen (secondary N) is 1. The Balaban J connectivity index is 2.06. The summed E-state index contributed by atoms with van der Waals surface area (Å²) in [5.74, 6) is -0.191. The zero-order valence-electron chi connectivity index (χ0n) is 10.8. The number of hydrogen-bond donors (Lipinski definition) is 1. The Hall–Kier alpha value is -2.16. The van der Waals surface area contributed by atoms with E-state index in [4.69, 9.17) is 5.26 Å². The summed E-state index contributed by atoms with van der Waals surface area (Å²) in [5, 5.41) is 8.96. The Morgan fingerprint density at radius 2 is 1.65 bits per heavy atom. The molecule has 0 aromatic heterocycles. The first-order chi connectivity index (χ1) is 9.61. The lowest BCUT2D eigenvalue weighted by atomic mass is 10.1. The fourth-order valence-electron chi connectivity index (χ4n) is 1.80. The highest BCUT2D eigenvalue weighted by Gasteiger charge is 2.13. The lowest BCUT2D eigenvalue weighted by Gasteiger charge is -2.08. The van der Waals surface area contributed by atoms with Crippen LogP contribution in [-0.4, -0.2) is 8.42 Å². The minimum Gasteiger partial charge on any atom is -0.212 e. The number of hydrogen-bond acceptors (Lipinski definition) is 3. The van der Waals surface area contributed by atoms with E-state index in [1.165, 1.54) is 0 Å². The first-order valence-electron chi connectivity index (χ1n) is 6.10. The smallest absolute Gasteiger partial charge is 0.212 e. The molecule has 0 amide bonds. The highest BCUT2D eigenvalue weighted by molar-refractivity contribution is 7.88. The quantitative estimate of drug-likeness (QED) is 0.915. The van der Waals surface area contributed by atoms with Gasteiger partial charge in [-0.15, -0.1) is 0 Å². The van der Waals surface area contributed by atoms with Crippen LogP contribution in [0.2, 0.25) is 0 Å². The zero-order valence-corrected chi connectivity index (χ0v) is 11.6. The van der Waals surface area contributed by atoms with Crippen molar-refractivity contribution in [3.8, 4) is 6.07 Å². The van der Waals surface area contributed by atoms with Gasteiger partial charge in [-0.05, 0) is 17.2 Å². The predicted molar refractivity (Wildman–Crippen MR) is 77.1 cm³/mol. The summed E-state index contributed by atoms with van der Waals surface area (Å²) in [6.45, 7) is 0.248. The maximum atomic E-state index is 12.0. The van der Waals surface area contributed by atoms with Gasteiger partial charge in [0.15, 0.2) is 0 Å². The van der Waals surface area contributed by atoms with E-state index in [1.807, 2.05) is 36.4 Å². The summed E-state index contributed by atoms with van der Waals surface area (Å²) in [7, 11) is -3.47. The van der Waals surface area contributed by atoms with Crippen LogP contribution < -0.4 is 4.72 Å². The summed E-state index contributed by atoms with van der Waals surface area (Å²) >= 11 is 0. The van der Waals surface area contributed by atoms with Crippen LogP contribution in [0.3, 0.4) is 0 Å². The molecule has 5 heteroatoms. The van der Waals surface area contributed by atoms with Crippen molar-refractivity contribution in [3.05, 3.63) is 71.3 Å². The van der Waals surface area contributed by atoms with Gasteiger partial charge in [0.1, 0.15) is 0 Å². The van der Waals surface area contributed by atoms with Crippen molar-refractivity contribution >= 4 is 10.0 Å². The monoisotopic (exact) mass is 286 g/mol. The van der Waals surface area contributed by atoms with Crippen LogP contribution in [0.1, 0.15) is 16.7 Å². The van der Waals surface area contributed by atoms with Gasteiger partial charge in [0.25, 0.3) is 0 Å². The lowest BCUT2D eigenvalue weighted by molar-refractivity contribution is 0.580. The van der Waals surface area contributed by atoms with Crippen molar-refractivity contribution in [1.29, 1.82) is 5.26 Å². The van der Waals surface area contributed by atoms with Crippen molar-refractivity contribution < 1.29 is 8.42 Å². The van der Waals surface area contributed by atoms with Crippen molar-refractivity contribution in [3.63, 3.8) is 0 Å². The Morgan fingerprint density at radius 3 is 2.35 bits per heavy atom. The second kappa shape index (κ2) is 6.33. The molecule has 0 aliphatic carbocycles. The molecule has 0 unspecified atom stereocenters. The van der Waals surface area contributed by atoms with Gasteiger partial charge in [-0.3, -0.25) is 0 Å². The van der Waals surface area contributed by atoms with Crippen molar-refractivity contribution in [2.24, 2.45) is 0 Å². The molecule has 0 saturated heterocycles. The Kier molecular flexibility index (Phi) is 4.51. The number of sulfonamides is 1. The van der Waals surface area contributed by atoms with Crippen LogP contribution in [0.15, 0.2) is 54.6 Å². The SMILES string of the molecule is N#Cc1ccccc1CS(=O)(=O)NCc1ccccc1. The highest BCUT2D eigenvalue weighted by atomic mass is 32.2. The number of benzene rings is 2. The average molecular weight is 286 g/mol. The number of nitriles is 1. The molecular weight excluding hydrogens is 272 g/mol. The molecule has 0 heterocycles. The van der Waals surface area contributed by atoms with E-state index in [0.717, 1.165) is 5.56 Å². The molecule has 2 rings (SSSR count). The van der Waals surface area contributed by atoms with Crippen LogP contribution in [0.25, 0.3) is 0 Å². The second-order valence-electron chi connectivity index (χ2n) is 4.33. The van der Waals surface area contributed by atoms with Gasteiger partial charge >= 0.3 is 0 Å². The van der Waals surface area contributed by atoms with Crippen LogP contribution in [-0.2, 0) is 22.3 Å². The van der Waals surface area contributed by atoms with Crippen LogP contribution in [0.4, 0.5) is 0 Å². The molecule has 20 heavy (non-hydrogen) atoms. The molecule has 2 aromatic carbocycles. The molecule has 0 atom stereocenters. The van der Waals surface area contributed by atoms with Crippen LogP contribution in [0.5, 0.6) is 0 Å². The maximum absolute atomic E-state index is 12.0.